The third-order valence-electron chi connectivity index (χ3n) is 4.18. The molecule has 0 bridgehead atoms. The highest BCUT2D eigenvalue weighted by Gasteiger charge is 2.42. The predicted octanol–water partition coefficient (Wildman–Crippen LogP) is 2.13. The second-order valence-corrected chi connectivity index (χ2v) is 6.10. The van der Waals surface area contributed by atoms with Crippen molar-refractivity contribution in [1.29, 1.82) is 0 Å². The normalized spacial score (nSPS) is 17.8. The molecule has 1 fully saturated rings. The molecule has 2 heterocycles. The number of aromatic nitrogens is 2. The van der Waals surface area contributed by atoms with Crippen molar-refractivity contribution < 1.29 is 32.6 Å². The summed E-state index contributed by atoms with van der Waals surface area (Å²) in [5.74, 6) is -2.21. The monoisotopic (exact) mass is 383 g/mol. The predicted molar refractivity (Wildman–Crippen MR) is 86.6 cm³/mol. The minimum absolute atomic E-state index is 0.00434. The third-order valence-corrected chi connectivity index (χ3v) is 4.18. The van der Waals surface area contributed by atoms with Crippen LogP contribution in [-0.4, -0.2) is 57.5 Å². The minimum Gasteiger partial charge on any atom is -0.479 e. The van der Waals surface area contributed by atoms with Crippen molar-refractivity contribution in [2.24, 2.45) is 0 Å². The van der Waals surface area contributed by atoms with Crippen molar-refractivity contribution in [1.82, 2.24) is 14.7 Å². The summed E-state index contributed by atoms with van der Waals surface area (Å²) in [5, 5.41) is 12.8. The molecule has 0 spiro atoms. The lowest BCUT2D eigenvalue weighted by Crippen LogP contribution is -2.48. The number of carboxylic acid groups (broad SMARTS) is 1. The number of aliphatic carboxylic acids is 1. The molecule has 0 radical (unpaired) electrons. The number of carboxylic acids is 1. The van der Waals surface area contributed by atoms with Gasteiger partial charge in [-0.15, -0.1) is 0 Å². The highest BCUT2D eigenvalue weighted by Crippen LogP contribution is 2.34. The summed E-state index contributed by atoms with van der Waals surface area (Å²) in [7, 11) is 0. The standard InChI is InChI=1S/C17H16F3N3O4/c1-10-2-4-11(5-3-10)23-14(17(18,19)20)12(8-21-23)15(24)22-6-7-27-13(9-22)16(25)26/h2-5,8,13H,6-7,9H2,1H3,(H,25,26). The van der Waals surface area contributed by atoms with Gasteiger partial charge in [0.05, 0.1) is 30.6 Å². The molecule has 7 nitrogen and oxygen atoms in total. The molecule has 1 atom stereocenters. The highest BCUT2D eigenvalue weighted by atomic mass is 19.4. The number of benzene rings is 1. The second-order valence-electron chi connectivity index (χ2n) is 6.10. The van der Waals surface area contributed by atoms with Crippen LogP contribution in [0.5, 0.6) is 0 Å². The lowest BCUT2D eigenvalue weighted by Gasteiger charge is -2.31. The summed E-state index contributed by atoms with van der Waals surface area (Å²) < 4.78 is 46.7. The van der Waals surface area contributed by atoms with Crippen molar-refractivity contribution in [3.05, 3.63) is 47.3 Å². The van der Waals surface area contributed by atoms with Gasteiger partial charge in [-0.25, -0.2) is 9.48 Å². The SMILES string of the molecule is Cc1ccc(-n2ncc(C(=O)N3CCOC(C(=O)O)C3)c2C(F)(F)F)cc1. The summed E-state index contributed by atoms with van der Waals surface area (Å²) in [4.78, 5) is 24.7. The van der Waals surface area contributed by atoms with Crippen LogP contribution in [0.1, 0.15) is 21.6 Å². The molecular weight excluding hydrogens is 367 g/mol. The first-order valence-corrected chi connectivity index (χ1v) is 8.04. The van der Waals surface area contributed by atoms with Gasteiger partial charge in [-0.05, 0) is 19.1 Å². The zero-order valence-electron chi connectivity index (χ0n) is 14.2. The van der Waals surface area contributed by atoms with Crippen LogP contribution in [0.15, 0.2) is 30.5 Å². The van der Waals surface area contributed by atoms with Crippen LogP contribution in [0.3, 0.4) is 0 Å². The Bertz CT molecular complexity index is 861. The fraction of sp³-hybridized carbons (Fsp3) is 0.353. The van der Waals surface area contributed by atoms with E-state index in [0.717, 1.165) is 16.7 Å². The van der Waals surface area contributed by atoms with Gasteiger partial charge in [0.2, 0.25) is 0 Å². The molecule has 3 rings (SSSR count). The fourth-order valence-corrected chi connectivity index (χ4v) is 2.81. The van der Waals surface area contributed by atoms with Gasteiger partial charge in [0.15, 0.2) is 11.8 Å². The lowest BCUT2D eigenvalue weighted by atomic mass is 10.1. The topological polar surface area (TPSA) is 84.7 Å². The van der Waals surface area contributed by atoms with Gasteiger partial charge in [0.25, 0.3) is 5.91 Å². The van der Waals surface area contributed by atoms with E-state index in [1.165, 1.54) is 12.1 Å². The van der Waals surface area contributed by atoms with E-state index >= 15 is 0 Å². The minimum atomic E-state index is -4.83. The molecule has 1 unspecified atom stereocenters. The van der Waals surface area contributed by atoms with Crippen LogP contribution in [0.4, 0.5) is 13.2 Å². The second kappa shape index (κ2) is 7.03. The van der Waals surface area contributed by atoms with Crippen LogP contribution in [0.25, 0.3) is 5.69 Å². The number of carbonyl (C=O) groups is 2. The smallest absolute Gasteiger partial charge is 0.434 e. The fourth-order valence-electron chi connectivity index (χ4n) is 2.81. The quantitative estimate of drug-likeness (QED) is 0.878. The first-order valence-electron chi connectivity index (χ1n) is 8.04. The van der Waals surface area contributed by atoms with E-state index in [2.05, 4.69) is 5.10 Å². The summed E-state index contributed by atoms with van der Waals surface area (Å²) in [6, 6.07) is 6.22. The van der Waals surface area contributed by atoms with Gasteiger partial charge >= 0.3 is 12.1 Å². The van der Waals surface area contributed by atoms with E-state index in [0.29, 0.717) is 4.68 Å². The molecule has 1 saturated heterocycles. The van der Waals surface area contributed by atoms with Gasteiger partial charge in [-0.2, -0.15) is 18.3 Å². The summed E-state index contributed by atoms with van der Waals surface area (Å²) in [6.45, 7) is 1.39. The number of hydrogen-bond donors (Lipinski definition) is 1. The zero-order valence-corrected chi connectivity index (χ0v) is 14.2. The number of alkyl halides is 3. The number of halogens is 3. The van der Waals surface area contributed by atoms with Crippen molar-refractivity contribution in [3.8, 4) is 5.69 Å². The van der Waals surface area contributed by atoms with E-state index in [1.54, 1.807) is 19.1 Å². The van der Waals surface area contributed by atoms with Gasteiger partial charge in [-0.3, -0.25) is 4.79 Å². The Kier molecular flexibility index (Phi) is 4.92. The molecule has 27 heavy (non-hydrogen) atoms. The average Bonchev–Trinajstić information content (AvgIpc) is 3.07. The van der Waals surface area contributed by atoms with Crippen LogP contribution < -0.4 is 0 Å². The number of carbonyl (C=O) groups excluding carboxylic acids is 1. The highest BCUT2D eigenvalue weighted by molar-refractivity contribution is 5.96. The number of nitrogens with zero attached hydrogens (tertiary/aromatic N) is 3. The first-order chi connectivity index (χ1) is 12.7. The van der Waals surface area contributed by atoms with Crippen molar-refractivity contribution in [3.63, 3.8) is 0 Å². The Labute approximate surface area is 151 Å². The number of amides is 1. The summed E-state index contributed by atoms with van der Waals surface area (Å²) in [6.07, 6.45) is -5.25. The molecule has 2 aromatic rings. The summed E-state index contributed by atoms with van der Waals surface area (Å²) in [5.41, 5.74) is -0.801. The average molecular weight is 383 g/mol. The lowest BCUT2D eigenvalue weighted by molar-refractivity contribution is -0.154. The number of ether oxygens (including phenoxy) is 1. The Morgan fingerprint density at radius 1 is 1.26 bits per heavy atom. The maximum Gasteiger partial charge on any atom is 0.434 e. The molecule has 144 valence electrons. The largest absolute Gasteiger partial charge is 0.479 e. The van der Waals surface area contributed by atoms with Crippen LogP contribution in [0.2, 0.25) is 0 Å². The van der Waals surface area contributed by atoms with E-state index in [1.807, 2.05) is 0 Å². The number of morpholine rings is 1. The number of aryl methyl sites for hydroxylation is 1. The van der Waals surface area contributed by atoms with Gasteiger partial charge in [-0.1, -0.05) is 17.7 Å². The van der Waals surface area contributed by atoms with E-state index in [-0.39, 0.29) is 25.4 Å². The molecule has 1 aromatic heterocycles. The first kappa shape index (κ1) is 18.9. The molecule has 1 aromatic carbocycles. The van der Waals surface area contributed by atoms with E-state index in [9.17, 15) is 22.8 Å². The molecule has 1 aliphatic rings. The number of rotatable bonds is 3. The molecule has 0 saturated carbocycles. The third kappa shape index (κ3) is 3.80. The molecule has 1 aliphatic heterocycles. The zero-order chi connectivity index (χ0) is 19.8. The van der Waals surface area contributed by atoms with Crippen molar-refractivity contribution >= 4 is 11.9 Å². The Hall–Kier alpha value is -2.88. The van der Waals surface area contributed by atoms with Crippen LogP contribution >= 0.6 is 0 Å². The molecule has 0 aliphatic carbocycles. The summed E-state index contributed by atoms with van der Waals surface area (Å²) >= 11 is 0. The Morgan fingerprint density at radius 3 is 2.52 bits per heavy atom. The van der Waals surface area contributed by atoms with Crippen LogP contribution in [0, 0.1) is 6.92 Å². The van der Waals surface area contributed by atoms with Gasteiger partial charge in [0, 0.05) is 6.54 Å². The van der Waals surface area contributed by atoms with Gasteiger partial charge < -0.3 is 14.7 Å². The van der Waals surface area contributed by atoms with E-state index < -0.39 is 35.4 Å². The van der Waals surface area contributed by atoms with Gasteiger partial charge in [0.1, 0.15) is 0 Å². The molecule has 10 heteroatoms. The Balaban J connectivity index is 1.99. The molecule has 1 N–H and O–H groups in total. The van der Waals surface area contributed by atoms with E-state index in [4.69, 9.17) is 9.84 Å². The Morgan fingerprint density at radius 2 is 1.93 bits per heavy atom. The maximum absolute atomic E-state index is 13.7. The van der Waals surface area contributed by atoms with Crippen molar-refractivity contribution in [2.75, 3.05) is 19.7 Å². The number of hydrogen-bond acceptors (Lipinski definition) is 4. The van der Waals surface area contributed by atoms with Crippen LogP contribution in [-0.2, 0) is 15.7 Å². The molecular formula is C17H16F3N3O4. The maximum atomic E-state index is 13.7. The molecule has 1 amide bonds. The van der Waals surface area contributed by atoms with Crippen molar-refractivity contribution in [2.45, 2.75) is 19.2 Å².